The predicted octanol–water partition coefficient (Wildman–Crippen LogP) is 4.19. The van der Waals surface area contributed by atoms with E-state index in [2.05, 4.69) is 26.2 Å². The number of sulfonamides is 1. The first kappa shape index (κ1) is 20.5. The monoisotopic (exact) mass is 491 g/mol. The highest BCUT2D eigenvalue weighted by molar-refractivity contribution is 9.10. The summed E-state index contributed by atoms with van der Waals surface area (Å²) in [5.74, 6) is -0.368. The third-order valence-corrected chi connectivity index (χ3v) is 7.31. The topological polar surface area (TPSA) is 79.4 Å². The zero-order valence-corrected chi connectivity index (χ0v) is 17.9. The molecule has 6 nitrogen and oxygen atoms in total. The molecule has 1 aromatic heterocycles. The lowest BCUT2D eigenvalue weighted by molar-refractivity contribution is -0.120. The molecule has 144 valence electrons. The fraction of sp³-hybridized carbons (Fsp3) is 0.294. The summed E-state index contributed by atoms with van der Waals surface area (Å²) >= 11 is 15.2. The molecule has 1 fully saturated rings. The number of benzene rings is 1. The average Bonchev–Trinajstić information content (AvgIpc) is 2.63. The lowest BCUT2D eigenvalue weighted by atomic mass is 9.99. The summed E-state index contributed by atoms with van der Waals surface area (Å²) in [5.41, 5.74) is 0. The number of amides is 1. The maximum Gasteiger partial charge on any atom is 0.244 e. The number of halogens is 3. The van der Waals surface area contributed by atoms with Crippen molar-refractivity contribution in [3.8, 4) is 0 Å². The van der Waals surface area contributed by atoms with Crippen molar-refractivity contribution in [3.63, 3.8) is 0 Å². The van der Waals surface area contributed by atoms with E-state index in [9.17, 15) is 13.2 Å². The molecule has 0 aliphatic carbocycles. The molecule has 1 unspecified atom stereocenters. The van der Waals surface area contributed by atoms with Crippen molar-refractivity contribution in [2.45, 2.75) is 17.7 Å². The van der Waals surface area contributed by atoms with E-state index in [1.807, 2.05) is 0 Å². The van der Waals surface area contributed by atoms with E-state index in [0.717, 1.165) is 0 Å². The number of aromatic nitrogens is 1. The SMILES string of the molecule is O=C(Nc1ccc(Cl)cn1)C1CCCN(S(=O)(=O)c2ccc(Br)cc2Cl)C1. The van der Waals surface area contributed by atoms with Crippen LogP contribution < -0.4 is 5.32 Å². The van der Waals surface area contributed by atoms with Gasteiger partial charge in [0.05, 0.1) is 16.0 Å². The second-order valence-corrected chi connectivity index (χ2v) is 9.79. The van der Waals surface area contributed by atoms with Gasteiger partial charge in [-0.25, -0.2) is 13.4 Å². The number of hydrogen-bond acceptors (Lipinski definition) is 4. The third kappa shape index (κ3) is 4.81. The minimum Gasteiger partial charge on any atom is -0.310 e. The van der Waals surface area contributed by atoms with Gasteiger partial charge in [-0.05, 0) is 43.2 Å². The van der Waals surface area contributed by atoms with E-state index in [-0.39, 0.29) is 22.4 Å². The number of hydrogen-bond donors (Lipinski definition) is 1. The number of carbonyl (C=O) groups is 1. The molecular weight excluding hydrogens is 477 g/mol. The van der Waals surface area contributed by atoms with E-state index < -0.39 is 15.9 Å². The second-order valence-electron chi connectivity index (χ2n) is 6.13. The van der Waals surface area contributed by atoms with Crippen molar-refractivity contribution in [2.24, 2.45) is 5.92 Å². The molecule has 1 saturated heterocycles. The quantitative estimate of drug-likeness (QED) is 0.693. The van der Waals surface area contributed by atoms with Gasteiger partial charge in [0, 0.05) is 23.8 Å². The average molecular weight is 493 g/mol. The van der Waals surface area contributed by atoms with Gasteiger partial charge in [-0.2, -0.15) is 4.31 Å². The van der Waals surface area contributed by atoms with Crippen molar-refractivity contribution in [3.05, 3.63) is 51.0 Å². The number of nitrogens with zero attached hydrogens (tertiary/aromatic N) is 2. The minimum atomic E-state index is -3.79. The summed E-state index contributed by atoms with van der Waals surface area (Å²) < 4.78 is 27.9. The molecule has 1 N–H and O–H groups in total. The lowest BCUT2D eigenvalue weighted by Gasteiger charge is -2.31. The number of carbonyl (C=O) groups excluding carboxylic acids is 1. The number of anilines is 1. The van der Waals surface area contributed by atoms with Crippen LogP contribution in [0.4, 0.5) is 5.82 Å². The molecule has 2 heterocycles. The molecule has 3 rings (SSSR count). The van der Waals surface area contributed by atoms with Crippen LogP contribution in [0.25, 0.3) is 0 Å². The lowest BCUT2D eigenvalue weighted by Crippen LogP contribution is -2.43. The molecule has 1 aliphatic rings. The van der Waals surface area contributed by atoms with Crippen molar-refractivity contribution in [1.82, 2.24) is 9.29 Å². The summed E-state index contributed by atoms with van der Waals surface area (Å²) in [4.78, 5) is 16.6. The van der Waals surface area contributed by atoms with Gasteiger partial charge >= 0.3 is 0 Å². The number of rotatable bonds is 4. The van der Waals surface area contributed by atoms with Gasteiger partial charge in [0.2, 0.25) is 15.9 Å². The van der Waals surface area contributed by atoms with Crippen LogP contribution in [0, 0.1) is 5.92 Å². The van der Waals surface area contributed by atoms with Crippen LogP contribution in [-0.2, 0) is 14.8 Å². The predicted molar refractivity (Wildman–Crippen MR) is 109 cm³/mol. The van der Waals surface area contributed by atoms with Crippen molar-refractivity contribution in [1.29, 1.82) is 0 Å². The fourth-order valence-electron chi connectivity index (χ4n) is 2.88. The van der Waals surface area contributed by atoms with E-state index in [1.165, 1.54) is 22.6 Å². The Kier molecular flexibility index (Phi) is 6.43. The molecular formula is C17H16BrCl2N3O3S. The van der Waals surface area contributed by atoms with E-state index >= 15 is 0 Å². The number of pyridine rings is 1. The first-order chi connectivity index (χ1) is 12.8. The standard InChI is InChI=1S/C17H16BrCl2N3O3S/c18-12-3-5-15(14(20)8-12)27(25,26)23-7-1-2-11(10-23)17(24)22-16-6-4-13(19)9-21-16/h3-6,8-9,11H,1-2,7,10H2,(H,21,22,24). The summed E-state index contributed by atoms with van der Waals surface area (Å²) in [6, 6.07) is 7.84. The van der Waals surface area contributed by atoms with Crippen LogP contribution in [0.15, 0.2) is 45.9 Å². The van der Waals surface area contributed by atoms with Crippen LogP contribution in [0.1, 0.15) is 12.8 Å². The Morgan fingerprint density at radius 1 is 1.26 bits per heavy atom. The normalized spacial score (nSPS) is 18.3. The van der Waals surface area contributed by atoms with Gasteiger partial charge in [-0.3, -0.25) is 4.79 Å². The van der Waals surface area contributed by atoms with Crippen LogP contribution >= 0.6 is 39.1 Å². The zero-order valence-electron chi connectivity index (χ0n) is 14.0. The Bertz CT molecular complexity index is 954. The molecule has 0 radical (unpaired) electrons. The van der Waals surface area contributed by atoms with Crippen molar-refractivity contribution < 1.29 is 13.2 Å². The van der Waals surface area contributed by atoms with Crippen LogP contribution in [0.2, 0.25) is 10.0 Å². The highest BCUT2D eigenvalue weighted by atomic mass is 79.9. The Morgan fingerprint density at radius 3 is 2.70 bits per heavy atom. The summed E-state index contributed by atoms with van der Waals surface area (Å²) in [6.07, 6.45) is 2.61. The molecule has 27 heavy (non-hydrogen) atoms. The minimum absolute atomic E-state index is 0.0350. The first-order valence-electron chi connectivity index (χ1n) is 8.15. The molecule has 10 heteroatoms. The van der Waals surface area contributed by atoms with Crippen molar-refractivity contribution in [2.75, 3.05) is 18.4 Å². The Labute approximate surface area is 176 Å². The van der Waals surface area contributed by atoms with E-state index in [0.29, 0.717) is 34.7 Å². The third-order valence-electron chi connectivity index (χ3n) is 4.25. The summed E-state index contributed by atoms with van der Waals surface area (Å²) in [6.45, 7) is 0.436. The Hall–Kier alpha value is -1.19. The van der Waals surface area contributed by atoms with Gasteiger partial charge in [0.25, 0.3) is 0 Å². The molecule has 1 aliphatic heterocycles. The smallest absolute Gasteiger partial charge is 0.244 e. The fourth-order valence-corrected chi connectivity index (χ4v) is 5.52. The Balaban J connectivity index is 1.74. The summed E-state index contributed by atoms with van der Waals surface area (Å²) in [5, 5.41) is 3.31. The molecule has 2 aromatic rings. The molecule has 1 atom stereocenters. The van der Waals surface area contributed by atoms with Crippen LogP contribution in [0.3, 0.4) is 0 Å². The number of nitrogens with one attached hydrogen (secondary N) is 1. The maximum absolute atomic E-state index is 13.0. The van der Waals surface area contributed by atoms with Crippen LogP contribution in [0.5, 0.6) is 0 Å². The zero-order chi connectivity index (χ0) is 19.6. The molecule has 1 aromatic carbocycles. The largest absolute Gasteiger partial charge is 0.310 e. The van der Waals surface area contributed by atoms with E-state index in [1.54, 1.807) is 18.2 Å². The van der Waals surface area contributed by atoms with Crippen molar-refractivity contribution >= 4 is 60.9 Å². The molecule has 1 amide bonds. The highest BCUT2D eigenvalue weighted by Crippen LogP contribution is 2.30. The van der Waals surface area contributed by atoms with Crippen LogP contribution in [-0.4, -0.2) is 36.7 Å². The van der Waals surface area contributed by atoms with Gasteiger partial charge in [-0.1, -0.05) is 39.1 Å². The summed E-state index contributed by atoms with van der Waals surface area (Å²) in [7, 11) is -3.79. The second kappa shape index (κ2) is 8.45. The van der Waals surface area contributed by atoms with E-state index in [4.69, 9.17) is 23.2 Å². The maximum atomic E-state index is 13.0. The Morgan fingerprint density at radius 2 is 2.04 bits per heavy atom. The van der Waals surface area contributed by atoms with Gasteiger partial charge < -0.3 is 5.32 Å². The highest BCUT2D eigenvalue weighted by Gasteiger charge is 2.34. The van der Waals surface area contributed by atoms with Gasteiger partial charge in [0.15, 0.2) is 0 Å². The molecule has 0 spiro atoms. The first-order valence-corrected chi connectivity index (χ1v) is 11.1. The number of piperidine rings is 1. The molecule has 0 saturated carbocycles. The molecule has 0 bridgehead atoms. The van der Waals surface area contributed by atoms with Gasteiger partial charge in [0.1, 0.15) is 10.7 Å². The van der Waals surface area contributed by atoms with Gasteiger partial charge in [-0.15, -0.1) is 0 Å².